The Bertz CT molecular complexity index is 1200. The number of carbonyl (C=O) groups is 1. The number of Topliss-reactive ketones (excluding diaryl/α,β-unsaturated/α-hetero) is 1. The summed E-state index contributed by atoms with van der Waals surface area (Å²) in [6.07, 6.45) is 3.82. The van der Waals surface area contributed by atoms with Gasteiger partial charge in [0.2, 0.25) is 0 Å². The van der Waals surface area contributed by atoms with Gasteiger partial charge in [0.15, 0.2) is 5.78 Å². The molecule has 0 saturated carbocycles. The summed E-state index contributed by atoms with van der Waals surface area (Å²) in [5, 5.41) is 0. The molecule has 3 aromatic heterocycles. The fraction of sp³-hybridized carbons (Fsp3) is 0.500. The largest absolute Gasteiger partial charge is 0.492 e. The third-order valence-corrected chi connectivity index (χ3v) is 6.80. The molecule has 0 bridgehead atoms. The summed E-state index contributed by atoms with van der Waals surface area (Å²) >= 11 is 0. The predicted octanol–water partition coefficient (Wildman–Crippen LogP) is 4.79. The van der Waals surface area contributed by atoms with Crippen molar-refractivity contribution in [1.29, 1.82) is 0 Å². The highest BCUT2D eigenvalue weighted by Gasteiger charge is 2.31. The van der Waals surface area contributed by atoms with Crippen molar-refractivity contribution in [3.05, 3.63) is 59.3 Å². The summed E-state index contributed by atoms with van der Waals surface area (Å²) in [4.78, 5) is 21.7. The van der Waals surface area contributed by atoms with Crippen molar-refractivity contribution in [3.63, 3.8) is 0 Å². The van der Waals surface area contributed by atoms with E-state index in [1.54, 1.807) is 0 Å². The molecular formula is C26H29F2N3O4. The number of rotatable bonds is 8. The van der Waals surface area contributed by atoms with Crippen LogP contribution in [0.4, 0.5) is 8.78 Å². The molecule has 0 spiro atoms. The van der Waals surface area contributed by atoms with Gasteiger partial charge < -0.3 is 18.6 Å². The summed E-state index contributed by atoms with van der Waals surface area (Å²) in [5.41, 5.74) is 1.88. The third kappa shape index (κ3) is 5.36. The summed E-state index contributed by atoms with van der Waals surface area (Å²) in [5.74, 6) is 0.541. The van der Waals surface area contributed by atoms with E-state index in [9.17, 15) is 13.6 Å². The number of imidazole rings is 1. The van der Waals surface area contributed by atoms with E-state index in [0.29, 0.717) is 37.1 Å². The van der Waals surface area contributed by atoms with Gasteiger partial charge in [-0.05, 0) is 31.4 Å². The molecule has 5 rings (SSSR count). The highest BCUT2D eigenvalue weighted by atomic mass is 19.3. The lowest BCUT2D eigenvalue weighted by Crippen LogP contribution is -2.25. The van der Waals surface area contributed by atoms with Gasteiger partial charge in [0.1, 0.15) is 22.8 Å². The minimum absolute atomic E-state index is 0.0125. The van der Waals surface area contributed by atoms with Crippen LogP contribution in [0.2, 0.25) is 0 Å². The highest BCUT2D eigenvalue weighted by molar-refractivity contribution is 5.96. The summed E-state index contributed by atoms with van der Waals surface area (Å²) in [7, 11) is 0. The fourth-order valence-electron chi connectivity index (χ4n) is 4.60. The molecular weight excluding hydrogens is 456 g/mol. The number of hydrogen-bond donors (Lipinski definition) is 0. The first-order valence-electron chi connectivity index (χ1n) is 12.0. The van der Waals surface area contributed by atoms with Crippen molar-refractivity contribution in [2.45, 2.75) is 45.0 Å². The number of alkyl halides is 2. The maximum Gasteiger partial charge on any atom is 0.280 e. The average Bonchev–Trinajstić information content (AvgIpc) is 3.49. The van der Waals surface area contributed by atoms with Crippen LogP contribution in [0.3, 0.4) is 0 Å². The van der Waals surface area contributed by atoms with Crippen molar-refractivity contribution < 1.29 is 27.8 Å². The van der Waals surface area contributed by atoms with Crippen LogP contribution < -0.4 is 4.74 Å². The molecule has 7 nitrogen and oxygen atoms in total. The Morgan fingerprint density at radius 2 is 2.03 bits per heavy atom. The molecule has 2 fully saturated rings. The zero-order valence-corrected chi connectivity index (χ0v) is 19.7. The van der Waals surface area contributed by atoms with Crippen LogP contribution in [0.1, 0.15) is 66.0 Å². The zero-order valence-electron chi connectivity index (χ0n) is 19.7. The summed E-state index contributed by atoms with van der Waals surface area (Å²) in [6.45, 7) is 5.31. The van der Waals surface area contributed by atoms with E-state index in [0.717, 1.165) is 43.8 Å². The van der Waals surface area contributed by atoms with Gasteiger partial charge >= 0.3 is 0 Å². The molecule has 2 saturated heterocycles. The first kappa shape index (κ1) is 23.8. The summed E-state index contributed by atoms with van der Waals surface area (Å²) < 4.78 is 45.4. The molecule has 3 aromatic rings. The normalized spacial score (nSPS) is 21.1. The van der Waals surface area contributed by atoms with Crippen LogP contribution in [0.5, 0.6) is 5.75 Å². The second kappa shape index (κ2) is 9.99. The maximum atomic E-state index is 13.1. The predicted molar refractivity (Wildman–Crippen MR) is 124 cm³/mol. The van der Waals surface area contributed by atoms with E-state index in [2.05, 4.69) is 11.9 Å². The molecule has 2 aliphatic rings. The van der Waals surface area contributed by atoms with Gasteiger partial charge in [-0.1, -0.05) is 13.0 Å². The van der Waals surface area contributed by atoms with Gasteiger partial charge in [0.25, 0.3) is 6.43 Å². The molecule has 186 valence electrons. The topological polar surface area (TPSA) is 75.0 Å². The monoisotopic (exact) mass is 485 g/mol. The molecule has 1 atom stereocenters. The second-order valence-electron chi connectivity index (χ2n) is 9.73. The van der Waals surface area contributed by atoms with E-state index < -0.39 is 12.1 Å². The van der Waals surface area contributed by atoms with Crippen LogP contribution in [-0.2, 0) is 15.9 Å². The number of ether oxygens (including phenoxy) is 3. The smallest absolute Gasteiger partial charge is 0.280 e. The van der Waals surface area contributed by atoms with E-state index in [1.165, 1.54) is 18.2 Å². The third-order valence-electron chi connectivity index (χ3n) is 6.80. The van der Waals surface area contributed by atoms with Crippen molar-refractivity contribution in [2.75, 3.05) is 33.0 Å². The van der Waals surface area contributed by atoms with Crippen LogP contribution in [0.15, 0.2) is 36.7 Å². The quantitative estimate of drug-likeness (QED) is 0.427. The highest BCUT2D eigenvalue weighted by Crippen LogP contribution is 2.32. The zero-order chi connectivity index (χ0) is 24.4. The second-order valence-corrected chi connectivity index (χ2v) is 9.73. The molecule has 0 radical (unpaired) electrons. The Labute approximate surface area is 202 Å². The van der Waals surface area contributed by atoms with Crippen molar-refractivity contribution in [1.82, 2.24) is 14.4 Å². The number of fused-ring (bicyclic) bond motifs is 1. The van der Waals surface area contributed by atoms with E-state index >= 15 is 0 Å². The van der Waals surface area contributed by atoms with E-state index in [1.807, 2.05) is 22.9 Å². The van der Waals surface area contributed by atoms with Gasteiger partial charge in [0, 0.05) is 61.6 Å². The SMILES string of the molecule is CC1(COc2cc3nc(C4CCOCC4)cn3cc2CC(=O)c2cccc(C(F)F)n2)CCOC1. The van der Waals surface area contributed by atoms with Gasteiger partial charge in [-0.3, -0.25) is 4.79 Å². The van der Waals surface area contributed by atoms with Crippen LogP contribution in [-0.4, -0.2) is 53.2 Å². The van der Waals surface area contributed by atoms with Crippen molar-refractivity contribution in [2.24, 2.45) is 5.41 Å². The number of hydrogen-bond acceptors (Lipinski definition) is 6. The lowest BCUT2D eigenvalue weighted by atomic mass is 9.91. The molecule has 5 heterocycles. The lowest BCUT2D eigenvalue weighted by Gasteiger charge is -2.23. The first-order chi connectivity index (χ1) is 16.9. The molecule has 9 heteroatoms. The maximum absolute atomic E-state index is 13.1. The Hall–Kier alpha value is -2.91. The minimum Gasteiger partial charge on any atom is -0.492 e. The van der Waals surface area contributed by atoms with Crippen molar-refractivity contribution in [3.8, 4) is 5.75 Å². The van der Waals surface area contributed by atoms with Crippen LogP contribution >= 0.6 is 0 Å². The number of pyridine rings is 2. The molecule has 1 unspecified atom stereocenters. The number of carbonyl (C=O) groups excluding carboxylic acids is 1. The van der Waals surface area contributed by atoms with Crippen molar-refractivity contribution >= 4 is 11.4 Å². The van der Waals surface area contributed by atoms with Gasteiger partial charge in [-0.25, -0.2) is 18.7 Å². The molecule has 0 amide bonds. The molecule has 0 N–H and O–H groups in total. The van der Waals surface area contributed by atoms with Crippen LogP contribution in [0.25, 0.3) is 5.65 Å². The standard InChI is InChI=1S/C26H29F2N3O4/c1-26(7-10-34-15-26)16-35-23-12-24-30-21(17-5-8-33-9-6-17)14-31(24)13-18(23)11-22(32)19-3-2-4-20(29-19)25(27)28/h2-4,12-14,17,25H,5-11,15-16H2,1H3. The fourth-order valence-corrected chi connectivity index (χ4v) is 4.60. The lowest BCUT2D eigenvalue weighted by molar-refractivity contribution is 0.0846. The number of ketones is 1. The minimum atomic E-state index is -2.73. The summed E-state index contributed by atoms with van der Waals surface area (Å²) in [6, 6.07) is 5.97. The number of nitrogens with zero attached hydrogens (tertiary/aromatic N) is 3. The Morgan fingerprint density at radius 1 is 1.20 bits per heavy atom. The molecule has 0 aromatic carbocycles. The van der Waals surface area contributed by atoms with E-state index in [4.69, 9.17) is 19.2 Å². The Kier molecular flexibility index (Phi) is 6.80. The molecule has 2 aliphatic heterocycles. The van der Waals surface area contributed by atoms with E-state index in [-0.39, 0.29) is 23.3 Å². The average molecular weight is 486 g/mol. The Balaban J connectivity index is 1.45. The molecule has 35 heavy (non-hydrogen) atoms. The molecule has 0 aliphatic carbocycles. The Morgan fingerprint density at radius 3 is 2.77 bits per heavy atom. The van der Waals surface area contributed by atoms with Gasteiger partial charge in [-0.15, -0.1) is 0 Å². The first-order valence-corrected chi connectivity index (χ1v) is 12.0. The number of halogens is 2. The van der Waals surface area contributed by atoms with Gasteiger partial charge in [0.05, 0.1) is 18.9 Å². The van der Waals surface area contributed by atoms with Gasteiger partial charge in [-0.2, -0.15) is 0 Å². The van der Waals surface area contributed by atoms with Crippen LogP contribution in [0, 0.1) is 5.41 Å². The number of aromatic nitrogens is 3.